The fraction of sp³-hybridized carbons (Fsp3) is 0.0714. The number of amides is 1. The first kappa shape index (κ1) is 15.2. The molecule has 0 unspecified atom stereocenters. The zero-order chi connectivity index (χ0) is 14.7. The number of carbonyl (C=O) groups excluding carboxylic acids is 1. The van der Waals surface area contributed by atoms with Gasteiger partial charge in [-0.3, -0.25) is 4.79 Å². The topological polar surface area (TPSA) is 55.1 Å². The van der Waals surface area contributed by atoms with Gasteiger partial charge in [-0.05, 0) is 35.9 Å². The van der Waals surface area contributed by atoms with Gasteiger partial charge in [-0.25, -0.2) is 0 Å². The van der Waals surface area contributed by atoms with E-state index in [1.165, 1.54) is 0 Å². The molecule has 2 rings (SSSR count). The summed E-state index contributed by atoms with van der Waals surface area (Å²) in [4.78, 5) is 11.2. The van der Waals surface area contributed by atoms with Crippen molar-refractivity contribution in [1.29, 1.82) is 0 Å². The van der Waals surface area contributed by atoms with Crippen molar-refractivity contribution in [3.05, 3.63) is 62.0 Å². The Morgan fingerprint density at radius 2 is 1.95 bits per heavy atom. The maximum atomic E-state index is 11.2. The summed E-state index contributed by atoms with van der Waals surface area (Å²) in [5, 5.41) is 4.36. The second kappa shape index (κ2) is 6.48. The third-order valence-corrected chi connectivity index (χ3v) is 4.04. The number of benzene rings is 2. The second-order valence-electron chi connectivity index (χ2n) is 4.15. The normalized spacial score (nSPS) is 10.3. The lowest BCUT2D eigenvalue weighted by Gasteiger charge is -2.11. The van der Waals surface area contributed by atoms with Crippen molar-refractivity contribution in [2.45, 2.75) is 6.54 Å². The second-order valence-corrected chi connectivity index (χ2v) is 5.85. The lowest BCUT2D eigenvalue weighted by Crippen LogP contribution is -2.11. The van der Waals surface area contributed by atoms with E-state index in [0.717, 1.165) is 10.0 Å². The van der Waals surface area contributed by atoms with Crippen LogP contribution in [0.3, 0.4) is 0 Å². The molecule has 6 heteroatoms. The Morgan fingerprint density at radius 3 is 2.60 bits per heavy atom. The molecule has 0 aliphatic rings. The van der Waals surface area contributed by atoms with E-state index in [-0.39, 0.29) is 0 Å². The SMILES string of the molecule is NC(=O)c1ccc(Cl)c(NCc2ccc(Cl)cc2Br)c1. The molecule has 0 spiro atoms. The average molecular weight is 374 g/mol. The largest absolute Gasteiger partial charge is 0.380 e. The number of hydrogen-bond acceptors (Lipinski definition) is 2. The number of rotatable bonds is 4. The summed E-state index contributed by atoms with van der Waals surface area (Å²) < 4.78 is 0.902. The highest BCUT2D eigenvalue weighted by molar-refractivity contribution is 9.10. The van der Waals surface area contributed by atoms with Gasteiger partial charge in [0.05, 0.1) is 10.7 Å². The van der Waals surface area contributed by atoms with Gasteiger partial charge in [0, 0.05) is 21.6 Å². The smallest absolute Gasteiger partial charge is 0.248 e. The molecule has 2 aromatic carbocycles. The molecule has 0 aliphatic carbocycles. The molecule has 3 N–H and O–H groups in total. The quantitative estimate of drug-likeness (QED) is 0.830. The first-order valence-corrected chi connectivity index (χ1v) is 7.29. The Morgan fingerprint density at radius 1 is 1.20 bits per heavy atom. The Labute approximate surface area is 135 Å². The van der Waals surface area contributed by atoms with Gasteiger partial charge in [-0.15, -0.1) is 0 Å². The minimum Gasteiger partial charge on any atom is -0.380 e. The van der Waals surface area contributed by atoms with Crippen LogP contribution in [0.15, 0.2) is 40.9 Å². The lowest BCUT2D eigenvalue weighted by molar-refractivity contribution is 0.100. The average Bonchev–Trinajstić information content (AvgIpc) is 2.39. The van der Waals surface area contributed by atoms with Gasteiger partial charge in [0.15, 0.2) is 0 Å². The molecule has 0 saturated heterocycles. The van der Waals surface area contributed by atoms with Crippen LogP contribution < -0.4 is 11.1 Å². The molecular formula is C14H11BrCl2N2O. The van der Waals surface area contributed by atoms with Crippen LogP contribution >= 0.6 is 39.1 Å². The number of hydrogen-bond donors (Lipinski definition) is 2. The Kier molecular flexibility index (Phi) is 4.91. The minimum atomic E-state index is -0.489. The van der Waals surface area contributed by atoms with Crippen LogP contribution in [0.5, 0.6) is 0 Å². The highest BCUT2D eigenvalue weighted by Crippen LogP contribution is 2.26. The number of nitrogens with one attached hydrogen (secondary N) is 1. The molecule has 20 heavy (non-hydrogen) atoms. The van der Waals surface area contributed by atoms with E-state index in [2.05, 4.69) is 21.2 Å². The van der Waals surface area contributed by atoms with Crippen LogP contribution in [0.25, 0.3) is 0 Å². The van der Waals surface area contributed by atoms with Crippen LogP contribution in [0.1, 0.15) is 15.9 Å². The lowest BCUT2D eigenvalue weighted by atomic mass is 10.1. The maximum Gasteiger partial charge on any atom is 0.248 e. The summed E-state index contributed by atoms with van der Waals surface area (Å²) in [6.07, 6.45) is 0. The predicted molar refractivity (Wildman–Crippen MR) is 86.4 cm³/mol. The van der Waals surface area contributed by atoms with E-state index in [4.69, 9.17) is 28.9 Å². The minimum absolute atomic E-state index is 0.409. The predicted octanol–water partition coefficient (Wildman–Crippen LogP) is 4.47. The van der Waals surface area contributed by atoms with Gasteiger partial charge >= 0.3 is 0 Å². The van der Waals surface area contributed by atoms with Crippen LogP contribution in [0.2, 0.25) is 10.0 Å². The molecule has 0 bridgehead atoms. The molecule has 0 saturated carbocycles. The Bertz CT molecular complexity index is 662. The number of halogens is 3. The molecule has 0 aliphatic heterocycles. The summed E-state index contributed by atoms with van der Waals surface area (Å²) in [6, 6.07) is 10.4. The summed E-state index contributed by atoms with van der Waals surface area (Å²) in [7, 11) is 0. The summed E-state index contributed by atoms with van der Waals surface area (Å²) in [6.45, 7) is 0.541. The van der Waals surface area contributed by atoms with Crippen molar-refractivity contribution in [2.24, 2.45) is 5.73 Å². The van der Waals surface area contributed by atoms with Gasteiger partial charge in [0.2, 0.25) is 5.91 Å². The molecule has 0 atom stereocenters. The number of anilines is 1. The summed E-state index contributed by atoms with van der Waals surface area (Å²) in [5.74, 6) is -0.489. The van der Waals surface area contributed by atoms with E-state index in [9.17, 15) is 4.79 Å². The van der Waals surface area contributed by atoms with Crippen molar-refractivity contribution < 1.29 is 4.79 Å². The molecule has 0 fully saturated rings. The van der Waals surface area contributed by atoms with Gasteiger partial charge < -0.3 is 11.1 Å². The summed E-state index contributed by atoms with van der Waals surface area (Å²) in [5.41, 5.74) is 7.34. The van der Waals surface area contributed by atoms with E-state index in [0.29, 0.717) is 27.8 Å². The van der Waals surface area contributed by atoms with Crippen molar-refractivity contribution in [3.8, 4) is 0 Å². The van der Waals surface area contributed by atoms with E-state index in [1.807, 2.05) is 18.2 Å². The Balaban J connectivity index is 2.18. The highest BCUT2D eigenvalue weighted by atomic mass is 79.9. The van der Waals surface area contributed by atoms with Crippen molar-refractivity contribution in [3.63, 3.8) is 0 Å². The zero-order valence-electron chi connectivity index (χ0n) is 10.3. The van der Waals surface area contributed by atoms with Gasteiger partial charge in [-0.1, -0.05) is 45.2 Å². The van der Waals surface area contributed by atoms with Gasteiger partial charge in [0.25, 0.3) is 0 Å². The van der Waals surface area contributed by atoms with Gasteiger partial charge in [-0.2, -0.15) is 0 Å². The third kappa shape index (κ3) is 3.66. The van der Waals surface area contributed by atoms with Crippen molar-refractivity contribution in [2.75, 3.05) is 5.32 Å². The van der Waals surface area contributed by atoms with E-state index in [1.54, 1.807) is 18.2 Å². The molecule has 0 heterocycles. The number of primary amides is 1. The molecule has 3 nitrogen and oxygen atoms in total. The molecule has 0 aromatic heterocycles. The standard InChI is InChI=1S/C14H11BrCl2N2O/c15-11-6-10(16)3-1-9(11)7-19-13-5-8(14(18)20)2-4-12(13)17/h1-6,19H,7H2,(H2,18,20). The first-order chi connectivity index (χ1) is 9.47. The van der Waals surface area contributed by atoms with Crippen LogP contribution in [0.4, 0.5) is 5.69 Å². The zero-order valence-corrected chi connectivity index (χ0v) is 13.4. The molecule has 1 amide bonds. The number of nitrogens with two attached hydrogens (primary N) is 1. The van der Waals surface area contributed by atoms with Crippen molar-refractivity contribution >= 4 is 50.7 Å². The molecule has 0 radical (unpaired) electrons. The number of carbonyl (C=O) groups is 1. The fourth-order valence-corrected chi connectivity index (χ4v) is 2.68. The Hall–Kier alpha value is -1.23. The first-order valence-electron chi connectivity index (χ1n) is 5.74. The van der Waals surface area contributed by atoms with Gasteiger partial charge in [0.1, 0.15) is 0 Å². The molecule has 2 aromatic rings. The van der Waals surface area contributed by atoms with Crippen LogP contribution in [0, 0.1) is 0 Å². The summed E-state index contributed by atoms with van der Waals surface area (Å²) >= 11 is 15.4. The highest BCUT2D eigenvalue weighted by Gasteiger charge is 2.07. The van der Waals surface area contributed by atoms with Crippen LogP contribution in [-0.4, -0.2) is 5.91 Å². The third-order valence-electron chi connectivity index (χ3n) is 2.74. The molecule has 104 valence electrons. The van der Waals surface area contributed by atoms with E-state index >= 15 is 0 Å². The fourth-order valence-electron chi connectivity index (χ4n) is 1.67. The van der Waals surface area contributed by atoms with E-state index < -0.39 is 5.91 Å². The van der Waals surface area contributed by atoms with Crippen LogP contribution in [-0.2, 0) is 6.54 Å². The molecular weight excluding hydrogens is 363 g/mol. The van der Waals surface area contributed by atoms with Crippen molar-refractivity contribution in [1.82, 2.24) is 0 Å². The monoisotopic (exact) mass is 372 g/mol. The maximum absolute atomic E-state index is 11.2.